The van der Waals surface area contributed by atoms with E-state index in [2.05, 4.69) is 4.74 Å². The van der Waals surface area contributed by atoms with Gasteiger partial charge in [0.25, 0.3) is 0 Å². The van der Waals surface area contributed by atoms with Crippen LogP contribution in [0, 0.1) is 0 Å². The molecule has 29 heavy (non-hydrogen) atoms. The minimum atomic E-state index is -3.17. The van der Waals surface area contributed by atoms with Crippen molar-refractivity contribution in [3.05, 3.63) is 0 Å². The summed E-state index contributed by atoms with van der Waals surface area (Å²) in [6.07, 6.45) is -5.94. The molecule has 0 heterocycles. The second kappa shape index (κ2) is 15.5. The zero-order valence-electron chi connectivity index (χ0n) is 17.4. The second-order valence-corrected chi connectivity index (χ2v) is 5.00. The summed E-state index contributed by atoms with van der Waals surface area (Å²) in [6, 6.07) is 0. The van der Waals surface area contributed by atoms with Crippen LogP contribution in [0.1, 0.15) is 28.5 Å². The molecule has 0 aliphatic carbocycles. The molecule has 0 fully saturated rings. The molecule has 0 aliphatic heterocycles. The van der Waals surface area contributed by atoms with Gasteiger partial charge >= 0.3 is 94.9 Å². The fourth-order valence-corrected chi connectivity index (χ4v) is 1.77. The molecule has 10 N–H and O–H groups in total. The van der Waals surface area contributed by atoms with E-state index < -0.39 is 72.7 Å². The molecule has 0 spiro atoms. The van der Waals surface area contributed by atoms with Gasteiger partial charge in [0.15, 0.2) is 5.60 Å². The number of aliphatic carboxylic acids is 5. The second-order valence-electron chi connectivity index (χ2n) is 5.00. The molecule has 0 saturated heterocycles. The molecule has 17 heteroatoms. The van der Waals surface area contributed by atoms with Gasteiger partial charge in [-0.3, -0.25) is 19.2 Å². The van der Waals surface area contributed by atoms with Gasteiger partial charge < -0.3 is 49.2 Å². The number of carbonyl (C=O) groups is 6. The number of hydrogen-bond acceptors (Lipinski definition) is 8. The van der Waals surface area contributed by atoms with Crippen molar-refractivity contribution in [2.24, 2.45) is 0 Å². The largest absolute Gasteiger partial charge is 1.00 e. The Hall–Kier alpha value is -1.30. The maximum atomic E-state index is 11.7. The van der Waals surface area contributed by atoms with Crippen LogP contribution in [-0.2, 0) is 33.5 Å². The first-order chi connectivity index (χ1) is 11.2. The molecular weight excluding hydrogens is 430 g/mol. The fraction of sp³-hybridized carbons (Fsp3) is 0.500. The summed E-state index contributed by atoms with van der Waals surface area (Å²) in [6.45, 7) is 0. The molecule has 0 aromatic carbocycles. The summed E-state index contributed by atoms with van der Waals surface area (Å²) in [5.41, 5.74) is -6.24. The first-order valence-corrected chi connectivity index (χ1v) is 6.30. The van der Waals surface area contributed by atoms with Crippen molar-refractivity contribution >= 4 is 35.8 Å². The van der Waals surface area contributed by atoms with Crippen molar-refractivity contribution in [2.75, 3.05) is 0 Å². The topological polar surface area (TPSA) is 296 Å². The molecular formula is C12H20Na2O15. The van der Waals surface area contributed by atoms with Crippen LogP contribution in [0.3, 0.4) is 0 Å². The Labute approximate surface area is 208 Å². The average molecular weight is 450 g/mol. The average Bonchev–Trinajstić information content (AvgIpc) is 2.34. The monoisotopic (exact) mass is 450 g/mol. The van der Waals surface area contributed by atoms with Crippen LogP contribution in [0.5, 0.6) is 0 Å². The number of carbonyl (C=O) groups excluding carboxylic acids is 1. The number of esters is 1. The van der Waals surface area contributed by atoms with Crippen molar-refractivity contribution in [3.63, 3.8) is 0 Å². The predicted octanol–water partition coefficient (Wildman–Crippen LogP) is -9.43. The van der Waals surface area contributed by atoms with Crippen molar-refractivity contribution in [3.8, 4) is 0 Å². The molecule has 0 aromatic rings. The van der Waals surface area contributed by atoms with E-state index in [4.69, 9.17) is 25.5 Å². The van der Waals surface area contributed by atoms with E-state index in [-0.39, 0.29) is 72.9 Å². The number of rotatable bonds is 11. The van der Waals surface area contributed by atoms with Crippen LogP contribution in [0.4, 0.5) is 0 Å². The Morgan fingerprint density at radius 2 is 1.00 bits per heavy atom. The number of carboxylic acid groups (broad SMARTS) is 5. The summed E-state index contributed by atoms with van der Waals surface area (Å²) >= 11 is 0. The molecule has 0 aromatic heterocycles. The van der Waals surface area contributed by atoms with Crippen LogP contribution in [-0.4, -0.2) is 88.6 Å². The molecule has 0 aliphatic rings. The minimum absolute atomic E-state index is 0. The first-order valence-electron chi connectivity index (χ1n) is 6.30. The Morgan fingerprint density at radius 1 is 0.655 bits per heavy atom. The summed E-state index contributed by atoms with van der Waals surface area (Å²) in [5.74, 6) is -11.6. The van der Waals surface area contributed by atoms with Gasteiger partial charge in [-0.15, -0.1) is 0 Å². The molecule has 0 rings (SSSR count). The van der Waals surface area contributed by atoms with Gasteiger partial charge in [-0.1, -0.05) is 0 Å². The minimum Gasteiger partial charge on any atom is -1.00 e. The van der Waals surface area contributed by atoms with E-state index in [0.29, 0.717) is 0 Å². The molecule has 160 valence electrons. The third-order valence-electron chi connectivity index (χ3n) is 2.85. The van der Waals surface area contributed by atoms with Gasteiger partial charge in [0, 0.05) is 0 Å². The van der Waals surface area contributed by atoms with Gasteiger partial charge in [-0.2, -0.15) is 0 Å². The zero-order chi connectivity index (χ0) is 20.0. The van der Waals surface area contributed by atoms with E-state index >= 15 is 0 Å². The standard InChI is InChI=1S/C12H14O13.2Na.2H2O.2H/c13-5(14)1-11(24,9(20)21)4-8(19)25-12(10(22)23,2-6(15)16)3-7(17)18;;;;;;/h24H,1-4H2,(H,13,14)(H,15,16)(H,17,18)(H,20,21)(H,22,23);;;2*1H2;;/q;2*+1;;;2*-1. The molecule has 15 nitrogen and oxygen atoms in total. The van der Waals surface area contributed by atoms with Crippen molar-refractivity contribution < 1.29 is 137 Å². The third kappa shape index (κ3) is 12.8. The van der Waals surface area contributed by atoms with Gasteiger partial charge in [0.05, 0.1) is 25.7 Å². The van der Waals surface area contributed by atoms with E-state index in [1.54, 1.807) is 0 Å². The van der Waals surface area contributed by atoms with E-state index in [1.807, 2.05) is 0 Å². The zero-order valence-corrected chi connectivity index (χ0v) is 19.4. The summed E-state index contributed by atoms with van der Waals surface area (Å²) in [7, 11) is 0. The maximum Gasteiger partial charge on any atom is 1.00 e. The number of aliphatic hydroxyl groups is 1. The van der Waals surface area contributed by atoms with Gasteiger partial charge in [-0.05, 0) is 0 Å². The Balaban J connectivity index is -0.000000192. The quantitative estimate of drug-likeness (QED) is 0.126. The molecule has 0 saturated carbocycles. The van der Waals surface area contributed by atoms with E-state index in [1.165, 1.54) is 0 Å². The molecule has 1 unspecified atom stereocenters. The van der Waals surface area contributed by atoms with Crippen LogP contribution in [0.15, 0.2) is 0 Å². The Morgan fingerprint density at radius 3 is 1.24 bits per heavy atom. The third-order valence-corrected chi connectivity index (χ3v) is 2.85. The predicted molar refractivity (Wildman–Crippen MR) is 79.9 cm³/mol. The van der Waals surface area contributed by atoms with Gasteiger partial charge in [0.1, 0.15) is 0 Å². The van der Waals surface area contributed by atoms with Crippen LogP contribution in [0.2, 0.25) is 0 Å². The van der Waals surface area contributed by atoms with E-state index in [9.17, 15) is 33.9 Å². The maximum absolute atomic E-state index is 11.7. The Bertz CT molecular complexity index is 613. The van der Waals surface area contributed by atoms with Crippen LogP contribution in [0.25, 0.3) is 0 Å². The summed E-state index contributed by atoms with van der Waals surface area (Å²) < 4.78 is 4.33. The molecule has 0 bridgehead atoms. The van der Waals surface area contributed by atoms with Gasteiger partial charge in [-0.25, -0.2) is 9.59 Å². The van der Waals surface area contributed by atoms with Crippen molar-refractivity contribution in [1.82, 2.24) is 0 Å². The van der Waals surface area contributed by atoms with Crippen LogP contribution >= 0.6 is 0 Å². The Kier molecular flexibility index (Phi) is 20.5. The number of hydrogen-bond donors (Lipinski definition) is 6. The fourth-order valence-electron chi connectivity index (χ4n) is 1.77. The van der Waals surface area contributed by atoms with Crippen LogP contribution < -0.4 is 59.1 Å². The molecule has 0 radical (unpaired) electrons. The summed E-state index contributed by atoms with van der Waals surface area (Å²) in [5, 5.41) is 53.5. The number of carboxylic acids is 5. The number of ether oxygens (including phenoxy) is 1. The SMILES string of the molecule is O.O.O=C(O)CC(O)(CC(=O)OC(CC(=O)O)(CC(=O)O)C(=O)O)C(=O)O.[H-].[H-].[Na+].[Na+]. The normalized spacial score (nSPS) is 11.5. The smallest absolute Gasteiger partial charge is 1.00 e. The molecule has 0 amide bonds. The van der Waals surface area contributed by atoms with Gasteiger partial charge in [0.2, 0.25) is 5.60 Å². The first kappa shape index (κ1) is 38.3. The molecule has 1 atom stereocenters. The van der Waals surface area contributed by atoms with Crippen molar-refractivity contribution in [2.45, 2.75) is 36.9 Å². The van der Waals surface area contributed by atoms with Crippen molar-refractivity contribution in [1.29, 1.82) is 0 Å². The summed E-state index contributed by atoms with van der Waals surface area (Å²) in [4.78, 5) is 66.0. The van der Waals surface area contributed by atoms with E-state index in [0.717, 1.165) is 0 Å².